The zero-order valence-electron chi connectivity index (χ0n) is 14.8. The molecule has 3 rings (SSSR count). The van der Waals surface area contributed by atoms with Crippen molar-refractivity contribution < 1.29 is 9.32 Å². The fourth-order valence-electron chi connectivity index (χ4n) is 2.43. The Morgan fingerprint density at radius 2 is 1.72 bits per heavy atom. The summed E-state index contributed by atoms with van der Waals surface area (Å²) < 4.78 is 5.42. The molecule has 2 aromatic carbocycles. The summed E-state index contributed by atoms with van der Waals surface area (Å²) in [6.07, 6.45) is 0. The molecule has 0 saturated carbocycles. The number of carbonyl (C=O) groups is 1. The van der Waals surface area contributed by atoms with E-state index in [9.17, 15) is 4.79 Å². The number of nitrogens with one attached hydrogen (secondary N) is 1. The maximum atomic E-state index is 12.6. The highest BCUT2D eigenvalue weighted by Gasteiger charge is 2.21. The zero-order chi connectivity index (χ0) is 18.0. The minimum atomic E-state index is -0.327. The van der Waals surface area contributed by atoms with Crippen molar-refractivity contribution in [1.29, 1.82) is 0 Å². The molecule has 0 radical (unpaired) electrons. The van der Waals surface area contributed by atoms with Crippen LogP contribution in [-0.2, 0) is 0 Å². The van der Waals surface area contributed by atoms with Crippen molar-refractivity contribution in [3.63, 3.8) is 0 Å². The van der Waals surface area contributed by atoms with Crippen molar-refractivity contribution in [1.82, 2.24) is 15.5 Å². The van der Waals surface area contributed by atoms with Gasteiger partial charge in [0.25, 0.3) is 11.8 Å². The topological polar surface area (TPSA) is 68.0 Å². The third kappa shape index (κ3) is 3.94. The Balaban J connectivity index is 1.95. The summed E-state index contributed by atoms with van der Waals surface area (Å²) in [4.78, 5) is 17.0. The molecule has 0 aliphatic rings. The Kier molecular flexibility index (Phi) is 4.40. The van der Waals surface area contributed by atoms with Crippen LogP contribution in [0.25, 0.3) is 22.8 Å². The van der Waals surface area contributed by atoms with E-state index in [1.165, 1.54) is 0 Å². The first-order chi connectivity index (χ1) is 11.8. The van der Waals surface area contributed by atoms with Crippen LogP contribution in [-0.4, -0.2) is 21.6 Å². The summed E-state index contributed by atoms with van der Waals surface area (Å²) >= 11 is 0. The first kappa shape index (κ1) is 16.9. The summed E-state index contributed by atoms with van der Waals surface area (Å²) in [7, 11) is 0. The van der Waals surface area contributed by atoms with Crippen LogP contribution >= 0.6 is 0 Å². The highest BCUT2D eigenvalue weighted by atomic mass is 16.5. The van der Waals surface area contributed by atoms with Gasteiger partial charge in [0.05, 0.1) is 11.1 Å². The molecule has 0 unspecified atom stereocenters. The number of aryl methyl sites for hydroxylation is 1. The molecule has 1 N–H and O–H groups in total. The van der Waals surface area contributed by atoms with Gasteiger partial charge >= 0.3 is 0 Å². The summed E-state index contributed by atoms with van der Waals surface area (Å²) in [5, 5.41) is 7.01. The molecule has 25 heavy (non-hydrogen) atoms. The Labute approximate surface area is 147 Å². The minimum absolute atomic E-state index is 0.168. The molecule has 1 aromatic heterocycles. The van der Waals surface area contributed by atoms with E-state index in [4.69, 9.17) is 4.52 Å². The van der Waals surface area contributed by atoms with Crippen LogP contribution in [0.4, 0.5) is 0 Å². The highest BCUT2D eigenvalue weighted by molar-refractivity contribution is 6.00. The lowest BCUT2D eigenvalue weighted by molar-refractivity contribution is 0.0920. The number of amides is 1. The fourth-order valence-corrected chi connectivity index (χ4v) is 2.43. The van der Waals surface area contributed by atoms with E-state index in [0.29, 0.717) is 22.8 Å². The van der Waals surface area contributed by atoms with Crippen molar-refractivity contribution in [3.8, 4) is 22.8 Å². The van der Waals surface area contributed by atoms with Gasteiger partial charge in [0.15, 0.2) is 0 Å². The van der Waals surface area contributed by atoms with Crippen molar-refractivity contribution in [3.05, 3.63) is 59.7 Å². The molecule has 3 aromatic rings. The van der Waals surface area contributed by atoms with Gasteiger partial charge in [-0.1, -0.05) is 47.1 Å². The number of hydrogen-bond acceptors (Lipinski definition) is 4. The second-order valence-electron chi connectivity index (χ2n) is 7.04. The standard InChI is InChI=1S/C20H21N3O2/c1-13-9-11-14(12-10-13)17-21-19(25-23-17)16-8-6-5-7-15(16)18(24)22-20(2,3)4/h5-12H,1-4H3,(H,22,24). The van der Waals surface area contributed by atoms with Gasteiger partial charge in [-0.15, -0.1) is 0 Å². The van der Waals surface area contributed by atoms with Crippen LogP contribution in [0.15, 0.2) is 53.1 Å². The SMILES string of the molecule is Cc1ccc(-c2noc(-c3ccccc3C(=O)NC(C)(C)C)n2)cc1. The quantitative estimate of drug-likeness (QED) is 0.777. The number of carbonyl (C=O) groups excluding carboxylic acids is 1. The molecule has 0 aliphatic carbocycles. The molecule has 0 fully saturated rings. The van der Waals surface area contributed by atoms with Gasteiger partial charge in [0.1, 0.15) is 0 Å². The van der Waals surface area contributed by atoms with Crippen molar-refractivity contribution in [2.45, 2.75) is 33.2 Å². The van der Waals surface area contributed by atoms with Gasteiger partial charge in [-0.25, -0.2) is 0 Å². The van der Waals surface area contributed by atoms with Gasteiger partial charge < -0.3 is 9.84 Å². The second kappa shape index (κ2) is 6.51. The zero-order valence-corrected chi connectivity index (χ0v) is 14.8. The monoisotopic (exact) mass is 335 g/mol. The predicted molar refractivity (Wildman–Crippen MR) is 97.1 cm³/mol. The molecular formula is C20H21N3O2. The van der Waals surface area contributed by atoms with E-state index in [1.54, 1.807) is 6.07 Å². The van der Waals surface area contributed by atoms with E-state index in [0.717, 1.165) is 11.1 Å². The summed E-state index contributed by atoms with van der Waals surface area (Å²) in [5.41, 5.74) is 2.84. The number of aromatic nitrogens is 2. The van der Waals surface area contributed by atoms with Gasteiger partial charge in [-0.05, 0) is 39.8 Å². The summed E-state index contributed by atoms with van der Waals surface area (Å²) in [5.74, 6) is 0.662. The molecule has 1 heterocycles. The molecule has 0 atom stereocenters. The van der Waals surface area contributed by atoms with Crippen LogP contribution in [0.3, 0.4) is 0 Å². The Bertz CT molecular complexity index is 890. The molecule has 0 saturated heterocycles. The third-order valence-corrected chi connectivity index (χ3v) is 3.63. The minimum Gasteiger partial charge on any atom is -0.347 e. The molecular weight excluding hydrogens is 314 g/mol. The number of hydrogen-bond donors (Lipinski definition) is 1. The second-order valence-corrected chi connectivity index (χ2v) is 7.04. The Hall–Kier alpha value is -2.95. The van der Waals surface area contributed by atoms with E-state index < -0.39 is 0 Å². The van der Waals surface area contributed by atoms with Crippen LogP contribution in [0.2, 0.25) is 0 Å². The first-order valence-corrected chi connectivity index (χ1v) is 8.16. The van der Waals surface area contributed by atoms with E-state index in [-0.39, 0.29) is 11.4 Å². The smallest absolute Gasteiger partial charge is 0.259 e. The van der Waals surface area contributed by atoms with Crippen LogP contribution < -0.4 is 5.32 Å². The van der Waals surface area contributed by atoms with Crippen molar-refractivity contribution in [2.24, 2.45) is 0 Å². The molecule has 128 valence electrons. The number of rotatable bonds is 3. The van der Waals surface area contributed by atoms with E-state index >= 15 is 0 Å². The average molecular weight is 335 g/mol. The molecule has 0 aliphatic heterocycles. The molecule has 5 nitrogen and oxygen atoms in total. The van der Waals surface area contributed by atoms with Crippen molar-refractivity contribution >= 4 is 5.91 Å². The van der Waals surface area contributed by atoms with E-state index in [1.807, 2.05) is 70.2 Å². The summed E-state index contributed by atoms with van der Waals surface area (Å²) in [6.45, 7) is 7.84. The van der Waals surface area contributed by atoms with Gasteiger partial charge in [-0.3, -0.25) is 4.79 Å². The van der Waals surface area contributed by atoms with Gasteiger partial charge in [-0.2, -0.15) is 4.98 Å². The van der Waals surface area contributed by atoms with Crippen LogP contribution in [0.5, 0.6) is 0 Å². The maximum Gasteiger partial charge on any atom is 0.259 e. The van der Waals surface area contributed by atoms with Gasteiger partial charge in [0.2, 0.25) is 5.82 Å². The Morgan fingerprint density at radius 1 is 1.04 bits per heavy atom. The number of benzene rings is 2. The maximum absolute atomic E-state index is 12.6. The average Bonchev–Trinajstić information content (AvgIpc) is 3.04. The molecule has 0 spiro atoms. The lowest BCUT2D eigenvalue weighted by atomic mass is 10.0. The third-order valence-electron chi connectivity index (χ3n) is 3.63. The lowest BCUT2D eigenvalue weighted by Crippen LogP contribution is -2.40. The van der Waals surface area contributed by atoms with Gasteiger partial charge in [0, 0.05) is 11.1 Å². The van der Waals surface area contributed by atoms with E-state index in [2.05, 4.69) is 15.5 Å². The first-order valence-electron chi connectivity index (χ1n) is 8.16. The highest BCUT2D eigenvalue weighted by Crippen LogP contribution is 2.25. The normalized spacial score (nSPS) is 11.4. The van der Waals surface area contributed by atoms with Crippen LogP contribution in [0.1, 0.15) is 36.7 Å². The van der Waals surface area contributed by atoms with Crippen LogP contribution in [0, 0.1) is 6.92 Å². The fraction of sp³-hybridized carbons (Fsp3) is 0.250. The molecule has 1 amide bonds. The summed E-state index contributed by atoms with van der Waals surface area (Å²) in [6, 6.07) is 15.1. The molecule has 0 bridgehead atoms. The largest absolute Gasteiger partial charge is 0.347 e. The lowest BCUT2D eigenvalue weighted by Gasteiger charge is -2.21. The predicted octanol–water partition coefficient (Wildman–Crippen LogP) is 4.24. The molecule has 5 heteroatoms. The van der Waals surface area contributed by atoms with Crippen molar-refractivity contribution in [2.75, 3.05) is 0 Å². The Morgan fingerprint density at radius 3 is 2.40 bits per heavy atom. The number of nitrogens with zero attached hydrogens (tertiary/aromatic N) is 2.